The Morgan fingerprint density at radius 1 is 1.14 bits per heavy atom. The minimum absolute atomic E-state index is 0.218. The Hall–Kier alpha value is -1.26. The molecule has 2 nitrogen and oxygen atoms in total. The molecule has 0 spiro atoms. The average molecular weight is 374 g/mol. The molecule has 2 rings (SSSR count). The van der Waals surface area contributed by atoms with Crippen LogP contribution in [-0.2, 0) is 6.42 Å². The van der Waals surface area contributed by atoms with E-state index in [1.807, 2.05) is 18.2 Å². The zero-order valence-corrected chi connectivity index (χ0v) is 14.0. The minimum Gasteiger partial charge on any atom is -0.493 e. The Bertz CT molecular complexity index is 613. The Morgan fingerprint density at radius 2 is 1.86 bits per heavy atom. The van der Waals surface area contributed by atoms with Gasteiger partial charge in [0.15, 0.2) is 11.5 Å². The molecule has 1 atom stereocenters. The molecule has 0 bridgehead atoms. The van der Waals surface area contributed by atoms with Gasteiger partial charge in [-0.1, -0.05) is 39.7 Å². The van der Waals surface area contributed by atoms with Gasteiger partial charge in [-0.3, -0.25) is 0 Å². The van der Waals surface area contributed by atoms with Crippen molar-refractivity contribution in [2.45, 2.75) is 11.2 Å². The van der Waals surface area contributed by atoms with Crippen molar-refractivity contribution in [2.24, 2.45) is 0 Å². The van der Waals surface area contributed by atoms with Crippen LogP contribution in [0.1, 0.15) is 16.0 Å². The van der Waals surface area contributed by atoms with E-state index in [1.165, 1.54) is 6.07 Å². The van der Waals surface area contributed by atoms with Gasteiger partial charge in [-0.25, -0.2) is 4.39 Å². The number of rotatable bonds is 5. The van der Waals surface area contributed by atoms with E-state index in [9.17, 15) is 4.39 Å². The Kier molecular flexibility index (Phi) is 5.48. The second-order valence-electron chi connectivity index (χ2n) is 4.50. The van der Waals surface area contributed by atoms with Crippen LogP contribution in [0.5, 0.6) is 11.5 Å². The van der Waals surface area contributed by atoms with E-state index in [2.05, 4.69) is 15.9 Å². The van der Waals surface area contributed by atoms with Crippen molar-refractivity contribution in [1.29, 1.82) is 0 Å². The van der Waals surface area contributed by atoms with Gasteiger partial charge in [-0.15, -0.1) is 0 Å². The maximum absolute atomic E-state index is 13.9. The molecule has 0 aromatic heterocycles. The fourth-order valence-corrected chi connectivity index (χ4v) is 3.39. The Morgan fingerprint density at radius 3 is 2.48 bits per heavy atom. The van der Waals surface area contributed by atoms with Crippen molar-refractivity contribution in [3.63, 3.8) is 0 Å². The summed E-state index contributed by atoms with van der Waals surface area (Å²) in [6, 6.07) is 10.3. The van der Waals surface area contributed by atoms with E-state index in [0.29, 0.717) is 28.5 Å². The molecule has 0 radical (unpaired) electrons. The summed E-state index contributed by atoms with van der Waals surface area (Å²) in [5.41, 5.74) is 1.46. The molecule has 0 saturated carbocycles. The summed E-state index contributed by atoms with van der Waals surface area (Å²) >= 11 is 9.59. The molecule has 0 N–H and O–H groups in total. The highest BCUT2D eigenvalue weighted by atomic mass is 79.9. The molecular weight excluding hydrogens is 359 g/mol. The molecule has 2 aromatic rings. The van der Waals surface area contributed by atoms with Crippen LogP contribution in [0.25, 0.3) is 0 Å². The van der Waals surface area contributed by atoms with E-state index < -0.39 is 0 Å². The molecule has 0 heterocycles. The lowest BCUT2D eigenvalue weighted by Crippen LogP contribution is -2.00. The SMILES string of the molecule is COc1ccc(CC(Br)c2c(F)cccc2Cl)cc1OC. The van der Waals surface area contributed by atoms with Crippen molar-refractivity contribution in [3.8, 4) is 11.5 Å². The van der Waals surface area contributed by atoms with Crippen LogP contribution in [0.2, 0.25) is 5.02 Å². The highest BCUT2D eigenvalue weighted by molar-refractivity contribution is 9.09. The van der Waals surface area contributed by atoms with E-state index in [-0.39, 0.29) is 10.6 Å². The first-order chi connectivity index (χ1) is 10.1. The maximum Gasteiger partial charge on any atom is 0.160 e. The average Bonchev–Trinajstić information content (AvgIpc) is 2.46. The molecule has 0 amide bonds. The molecule has 0 aliphatic heterocycles. The first-order valence-corrected chi connectivity index (χ1v) is 7.65. The standard InChI is InChI=1S/C16H15BrClFO2/c1-20-14-7-6-10(9-15(14)21-2)8-11(17)16-12(18)4-3-5-13(16)19/h3-7,9,11H,8H2,1-2H3. The van der Waals surface area contributed by atoms with Gasteiger partial charge in [0.05, 0.1) is 14.2 Å². The lowest BCUT2D eigenvalue weighted by molar-refractivity contribution is 0.354. The Labute approximate surface area is 137 Å². The fraction of sp³-hybridized carbons (Fsp3) is 0.250. The largest absolute Gasteiger partial charge is 0.493 e. The lowest BCUT2D eigenvalue weighted by Gasteiger charge is -2.15. The summed E-state index contributed by atoms with van der Waals surface area (Å²) in [6.45, 7) is 0. The van der Waals surface area contributed by atoms with Gasteiger partial charge in [0.25, 0.3) is 0 Å². The summed E-state index contributed by atoms with van der Waals surface area (Å²) in [5.74, 6) is 0.996. The predicted octanol–water partition coefficient (Wildman–Crippen LogP) is 5.18. The van der Waals surface area contributed by atoms with Crippen molar-refractivity contribution < 1.29 is 13.9 Å². The third-order valence-electron chi connectivity index (χ3n) is 3.18. The molecule has 0 aliphatic rings. The molecule has 0 saturated heterocycles. The van der Waals surface area contributed by atoms with Gasteiger partial charge in [0, 0.05) is 15.4 Å². The van der Waals surface area contributed by atoms with Gasteiger partial charge in [-0.05, 0) is 36.2 Å². The summed E-state index contributed by atoms with van der Waals surface area (Å²) in [5, 5.41) is 0.414. The second kappa shape index (κ2) is 7.14. The van der Waals surface area contributed by atoms with Crippen LogP contribution in [-0.4, -0.2) is 14.2 Å². The molecular formula is C16H15BrClFO2. The first kappa shape index (κ1) is 16.1. The van der Waals surface area contributed by atoms with Gasteiger partial charge < -0.3 is 9.47 Å². The fourth-order valence-electron chi connectivity index (χ4n) is 2.13. The number of halogens is 3. The van der Waals surface area contributed by atoms with Crippen LogP contribution < -0.4 is 9.47 Å². The number of alkyl halides is 1. The summed E-state index contributed by atoms with van der Waals surface area (Å²) < 4.78 is 24.4. The Balaban J connectivity index is 2.25. The van der Waals surface area contributed by atoms with Gasteiger partial charge in [0.1, 0.15) is 5.82 Å². The van der Waals surface area contributed by atoms with Crippen LogP contribution in [0, 0.1) is 5.82 Å². The van der Waals surface area contributed by atoms with Crippen LogP contribution in [0.15, 0.2) is 36.4 Å². The van der Waals surface area contributed by atoms with Crippen molar-refractivity contribution in [2.75, 3.05) is 14.2 Å². The van der Waals surface area contributed by atoms with E-state index in [1.54, 1.807) is 26.4 Å². The molecule has 0 aliphatic carbocycles. The summed E-state index contributed by atoms with van der Waals surface area (Å²) in [7, 11) is 3.17. The minimum atomic E-state index is -0.315. The smallest absolute Gasteiger partial charge is 0.160 e. The van der Waals surface area contributed by atoms with Crippen LogP contribution in [0.4, 0.5) is 4.39 Å². The van der Waals surface area contributed by atoms with Crippen LogP contribution >= 0.6 is 27.5 Å². The van der Waals surface area contributed by atoms with Crippen molar-refractivity contribution >= 4 is 27.5 Å². The van der Waals surface area contributed by atoms with Gasteiger partial charge >= 0.3 is 0 Å². The predicted molar refractivity (Wildman–Crippen MR) is 86.3 cm³/mol. The monoisotopic (exact) mass is 372 g/mol. The normalized spacial score (nSPS) is 12.0. The van der Waals surface area contributed by atoms with E-state index in [4.69, 9.17) is 21.1 Å². The number of benzene rings is 2. The number of ether oxygens (including phenoxy) is 2. The second-order valence-corrected chi connectivity index (χ2v) is 6.01. The zero-order chi connectivity index (χ0) is 15.4. The third-order valence-corrected chi connectivity index (χ3v) is 4.29. The molecule has 5 heteroatoms. The van der Waals surface area contributed by atoms with Crippen molar-refractivity contribution in [3.05, 3.63) is 58.4 Å². The quantitative estimate of drug-likeness (QED) is 0.673. The van der Waals surface area contributed by atoms with Crippen molar-refractivity contribution in [1.82, 2.24) is 0 Å². The van der Waals surface area contributed by atoms with E-state index in [0.717, 1.165) is 5.56 Å². The molecule has 1 unspecified atom stereocenters. The lowest BCUT2D eigenvalue weighted by atomic mass is 10.0. The van der Waals surface area contributed by atoms with Gasteiger partial charge in [-0.2, -0.15) is 0 Å². The first-order valence-electron chi connectivity index (χ1n) is 6.35. The van der Waals surface area contributed by atoms with Gasteiger partial charge in [0.2, 0.25) is 0 Å². The zero-order valence-electron chi connectivity index (χ0n) is 11.7. The van der Waals surface area contributed by atoms with E-state index >= 15 is 0 Å². The molecule has 21 heavy (non-hydrogen) atoms. The number of methoxy groups -OCH3 is 2. The number of hydrogen-bond donors (Lipinski definition) is 0. The van der Waals surface area contributed by atoms with Crippen LogP contribution in [0.3, 0.4) is 0 Å². The highest BCUT2D eigenvalue weighted by Crippen LogP contribution is 2.36. The molecule has 2 aromatic carbocycles. The molecule has 112 valence electrons. The number of hydrogen-bond acceptors (Lipinski definition) is 2. The maximum atomic E-state index is 13.9. The third kappa shape index (κ3) is 3.69. The topological polar surface area (TPSA) is 18.5 Å². The molecule has 0 fully saturated rings. The summed E-state index contributed by atoms with van der Waals surface area (Å²) in [6.07, 6.45) is 0.584. The summed E-state index contributed by atoms with van der Waals surface area (Å²) in [4.78, 5) is -0.218. The highest BCUT2D eigenvalue weighted by Gasteiger charge is 2.17.